The molecule has 3 aromatic rings. The number of halogens is 1. The Balaban J connectivity index is 1.63. The van der Waals surface area contributed by atoms with Crippen molar-refractivity contribution >= 4 is 29.1 Å². The number of aromatic nitrogens is 2. The van der Waals surface area contributed by atoms with Gasteiger partial charge in [0.05, 0.1) is 11.6 Å². The van der Waals surface area contributed by atoms with Crippen LogP contribution in [0.2, 0.25) is 5.02 Å². The van der Waals surface area contributed by atoms with Crippen LogP contribution in [-0.2, 0) is 6.42 Å². The number of hydrogen-bond donors (Lipinski definition) is 2. The highest BCUT2D eigenvalue weighted by atomic mass is 35.5. The topological polar surface area (TPSA) is 90.7 Å². The zero-order chi connectivity index (χ0) is 19.9. The summed E-state index contributed by atoms with van der Waals surface area (Å²) in [5.41, 5.74) is 3.36. The standard InChI is InChI=1S/C21H18ClN5O/c1-14-12-19(20(28)24-11-10-15-2-6-17(22)7-3-15)27-21(25-14)26-18-8-4-16(13-23)5-9-18/h2-9,12H,10-11H2,1H3,(H,24,28)(H,25,26,27). The monoisotopic (exact) mass is 391 g/mol. The Kier molecular flexibility index (Phi) is 6.20. The molecule has 6 nitrogen and oxygen atoms in total. The number of nitriles is 1. The molecule has 0 unspecified atom stereocenters. The Bertz CT molecular complexity index is 1010. The second-order valence-corrected chi connectivity index (χ2v) is 6.60. The molecule has 140 valence electrons. The van der Waals surface area contributed by atoms with Gasteiger partial charge in [-0.15, -0.1) is 0 Å². The van der Waals surface area contributed by atoms with E-state index in [0.717, 1.165) is 11.3 Å². The minimum atomic E-state index is -0.262. The molecule has 7 heteroatoms. The average molecular weight is 392 g/mol. The molecular formula is C21H18ClN5O. The van der Waals surface area contributed by atoms with Gasteiger partial charge in [-0.2, -0.15) is 5.26 Å². The fraction of sp³-hybridized carbons (Fsp3) is 0.143. The van der Waals surface area contributed by atoms with E-state index in [9.17, 15) is 4.79 Å². The predicted octanol–water partition coefficient (Wildman–Crippen LogP) is 4.03. The molecule has 0 fully saturated rings. The molecule has 0 radical (unpaired) electrons. The lowest BCUT2D eigenvalue weighted by molar-refractivity contribution is 0.0949. The van der Waals surface area contributed by atoms with Gasteiger partial charge >= 0.3 is 0 Å². The van der Waals surface area contributed by atoms with Gasteiger partial charge in [-0.3, -0.25) is 4.79 Å². The molecule has 0 aliphatic rings. The fourth-order valence-corrected chi connectivity index (χ4v) is 2.69. The molecular weight excluding hydrogens is 374 g/mol. The van der Waals surface area contributed by atoms with Crippen LogP contribution in [0.25, 0.3) is 0 Å². The van der Waals surface area contributed by atoms with Crippen LogP contribution >= 0.6 is 11.6 Å². The molecule has 0 aliphatic carbocycles. The molecule has 2 aromatic carbocycles. The van der Waals surface area contributed by atoms with E-state index in [1.54, 1.807) is 37.3 Å². The highest BCUT2D eigenvalue weighted by Gasteiger charge is 2.10. The Morgan fingerprint density at radius 2 is 1.82 bits per heavy atom. The molecule has 0 bridgehead atoms. The van der Waals surface area contributed by atoms with Gasteiger partial charge in [-0.05, 0) is 61.4 Å². The van der Waals surface area contributed by atoms with Crippen molar-refractivity contribution in [1.82, 2.24) is 15.3 Å². The Morgan fingerprint density at radius 1 is 1.11 bits per heavy atom. The molecule has 1 amide bonds. The molecule has 1 heterocycles. The molecule has 0 saturated carbocycles. The van der Waals surface area contributed by atoms with Crippen molar-refractivity contribution < 1.29 is 4.79 Å². The predicted molar refractivity (Wildman–Crippen MR) is 109 cm³/mol. The van der Waals surface area contributed by atoms with E-state index in [4.69, 9.17) is 16.9 Å². The average Bonchev–Trinajstić information content (AvgIpc) is 2.69. The van der Waals surface area contributed by atoms with Crippen LogP contribution in [-0.4, -0.2) is 22.4 Å². The van der Waals surface area contributed by atoms with Gasteiger partial charge in [0.2, 0.25) is 5.95 Å². The summed E-state index contributed by atoms with van der Waals surface area (Å²) in [4.78, 5) is 21.0. The molecule has 0 spiro atoms. The maximum absolute atomic E-state index is 12.4. The van der Waals surface area contributed by atoms with Gasteiger partial charge in [-0.25, -0.2) is 9.97 Å². The first kappa shape index (κ1) is 19.3. The van der Waals surface area contributed by atoms with Crippen molar-refractivity contribution in [1.29, 1.82) is 5.26 Å². The van der Waals surface area contributed by atoms with Crippen LogP contribution in [0.3, 0.4) is 0 Å². The summed E-state index contributed by atoms with van der Waals surface area (Å²) in [6.07, 6.45) is 0.698. The normalized spacial score (nSPS) is 10.2. The molecule has 0 aliphatic heterocycles. The highest BCUT2D eigenvalue weighted by Crippen LogP contribution is 2.15. The van der Waals surface area contributed by atoms with Gasteiger partial charge in [0.15, 0.2) is 0 Å². The number of hydrogen-bond acceptors (Lipinski definition) is 5. The lowest BCUT2D eigenvalue weighted by Gasteiger charge is -2.09. The zero-order valence-corrected chi connectivity index (χ0v) is 16.0. The Labute approximate surface area is 168 Å². The lowest BCUT2D eigenvalue weighted by atomic mass is 10.1. The molecule has 0 atom stereocenters. The Morgan fingerprint density at radius 3 is 2.50 bits per heavy atom. The van der Waals surface area contributed by atoms with Gasteiger partial charge in [0.1, 0.15) is 5.69 Å². The van der Waals surface area contributed by atoms with Crippen LogP contribution in [0, 0.1) is 18.3 Å². The second kappa shape index (κ2) is 8.98. The maximum atomic E-state index is 12.4. The quantitative estimate of drug-likeness (QED) is 0.662. The largest absolute Gasteiger partial charge is 0.350 e. The third-order valence-corrected chi connectivity index (χ3v) is 4.22. The summed E-state index contributed by atoms with van der Waals surface area (Å²) in [5.74, 6) is 0.0647. The van der Waals surface area contributed by atoms with E-state index in [0.29, 0.717) is 40.9 Å². The summed E-state index contributed by atoms with van der Waals surface area (Å²) in [6.45, 7) is 2.29. The fourth-order valence-electron chi connectivity index (χ4n) is 2.56. The highest BCUT2D eigenvalue weighted by molar-refractivity contribution is 6.30. The van der Waals surface area contributed by atoms with Crippen molar-refractivity contribution in [3.63, 3.8) is 0 Å². The summed E-state index contributed by atoms with van der Waals surface area (Å²) in [7, 11) is 0. The first-order valence-electron chi connectivity index (χ1n) is 8.69. The van der Waals surface area contributed by atoms with E-state index in [1.807, 2.05) is 24.3 Å². The van der Waals surface area contributed by atoms with Gasteiger partial charge in [0, 0.05) is 22.9 Å². The first-order valence-corrected chi connectivity index (χ1v) is 9.07. The minimum absolute atomic E-state index is 0.262. The SMILES string of the molecule is Cc1cc(C(=O)NCCc2ccc(Cl)cc2)nc(Nc2ccc(C#N)cc2)n1. The number of carbonyl (C=O) groups is 1. The van der Waals surface area contributed by atoms with Crippen molar-refractivity contribution in [2.75, 3.05) is 11.9 Å². The Hall–Kier alpha value is -3.43. The van der Waals surface area contributed by atoms with E-state index in [2.05, 4.69) is 26.7 Å². The van der Waals surface area contributed by atoms with Crippen LogP contribution in [0.1, 0.15) is 27.3 Å². The van der Waals surface area contributed by atoms with Crippen molar-refractivity contribution in [3.05, 3.63) is 82.1 Å². The number of nitrogens with zero attached hydrogens (tertiary/aromatic N) is 3. The third kappa shape index (κ3) is 5.29. The number of carbonyl (C=O) groups excluding carboxylic acids is 1. The number of benzene rings is 2. The first-order chi connectivity index (χ1) is 13.5. The van der Waals surface area contributed by atoms with E-state index < -0.39 is 0 Å². The molecule has 1 aromatic heterocycles. The lowest BCUT2D eigenvalue weighted by Crippen LogP contribution is -2.27. The van der Waals surface area contributed by atoms with Crippen molar-refractivity contribution in [3.8, 4) is 6.07 Å². The smallest absolute Gasteiger partial charge is 0.270 e. The number of aryl methyl sites for hydroxylation is 1. The van der Waals surface area contributed by atoms with Gasteiger partial charge < -0.3 is 10.6 Å². The van der Waals surface area contributed by atoms with E-state index in [-0.39, 0.29) is 5.91 Å². The van der Waals surface area contributed by atoms with Crippen LogP contribution in [0.15, 0.2) is 54.6 Å². The third-order valence-electron chi connectivity index (χ3n) is 3.97. The molecule has 0 saturated heterocycles. The maximum Gasteiger partial charge on any atom is 0.270 e. The molecule has 28 heavy (non-hydrogen) atoms. The molecule has 3 rings (SSSR count). The van der Waals surface area contributed by atoms with Gasteiger partial charge in [0.25, 0.3) is 5.91 Å². The number of rotatable bonds is 6. The van der Waals surface area contributed by atoms with E-state index in [1.165, 1.54) is 0 Å². The molecule has 2 N–H and O–H groups in total. The van der Waals surface area contributed by atoms with Crippen LogP contribution in [0.5, 0.6) is 0 Å². The number of anilines is 2. The summed E-state index contributed by atoms with van der Waals surface area (Å²) in [6, 6.07) is 18.1. The second-order valence-electron chi connectivity index (χ2n) is 6.16. The summed E-state index contributed by atoms with van der Waals surface area (Å²) < 4.78 is 0. The number of nitrogens with one attached hydrogen (secondary N) is 2. The summed E-state index contributed by atoms with van der Waals surface area (Å²) >= 11 is 5.87. The van der Waals surface area contributed by atoms with Crippen molar-refractivity contribution in [2.24, 2.45) is 0 Å². The van der Waals surface area contributed by atoms with Crippen LogP contribution < -0.4 is 10.6 Å². The minimum Gasteiger partial charge on any atom is -0.350 e. The van der Waals surface area contributed by atoms with Crippen molar-refractivity contribution in [2.45, 2.75) is 13.3 Å². The zero-order valence-electron chi connectivity index (χ0n) is 15.2. The number of amides is 1. The van der Waals surface area contributed by atoms with E-state index >= 15 is 0 Å². The summed E-state index contributed by atoms with van der Waals surface area (Å²) in [5, 5.41) is 15.5. The van der Waals surface area contributed by atoms with Crippen LogP contribution in [0.4, 0.5) is 11.6 Å². The van der Waals surface area contributed by atoms with Gasteiger partial charge in [-0.1, -0.05) is 23.7 Å².